The van der Waals surface area contributed by atoms with Crippen LogP contribution in [0, 0.1) is 6.92 Å². The molecule has 2 heterocycles. The van der Waals surface area contributed by atoms with E-state index in [0.29, 0.717) is 16.2 Å². The van der Waals surface area contributed by atoms with Crippen molar-refractivity contribution in [3.8, 4) is 11.4 Å². The molecule has 0 fully saturated rings. The van der Waals surface area contributed by atoms with Gasteiger partial charge in [0.25, 0.3) is 0 Å². The van der Waals surface area contributed by atoms with Crippen LogP contribution in [0.5, 0.6) is 0 Å². The molecule has 0 atom stereocenters. The molecule has 11 heteroatoms. The number of halogens is 3. The summed E-state index contributed by atoms with van der Waals surface area (Å²) in [5.74, 6) is -0.296. The number of nitrogens with zero attached hydrogens (tertiary/aromatic N) is 6. The lowest BCUT2D eigenvalue weighted by Gasteiger charge is -2.10. The maximum Gasteiger partial charge on any atom is 0.408 e. The number of rotatable bonds is 5. The van der Waals surface area contributed by atoms with Crippen LogP contribution in [0.2, 0.25) is 0 Å². The molecule has 3 rings (SSSR count). The molecule has 0 bridgehead atoms. The first kappa shape index (κ1) is 17.6. The minimum Gasteiger partial charge on any atom is -0.309 e. The molecule has 0 radical (unpaired) electrons. The fourth-order valence-corrected chi connectivity index (χ4v) is 2.26. The Balaban J connectivity index is 1.68. The number of carbonyl (C=O) groups excluding carboxylic acids is 1. The molecular formula is C15H14F3N7O. The van der Waals surface area contributed by atoms with Gasteiger partial charge in [-0.05, 0) is 12.1 Å². The Kier molecular flexibility index (Phi) is 4.69. The number of benzene rings is 1. The van der Waals surface area contributed by atoms with Gasteiger partial charge in [-0.3, -0.25) is 4.79 Å². The average molecular weight is 365 g/mol. The van der Waals surface area contributed by atoms with E-state index in [2.05, 4.69) is 25.8 Å². The maximum atomic E-state index is 12.6. The topological polar surface area (TPSA) is 90.5 Å². The summed E-state index contributed by atoms with van der Waals surface area (Å²) in [4.78, 5) is 13.2. The van der Waals surface area contributed by atoms with Crippen LogP contribution in [0.3, 0.4) is 0 Å². The van der Waals surface area contributed by atoms with Gasteiger partial charge in [0.2, 0.25) is 11.7 Å². The molecule has 136 valence electrons. The third-order valence-electron chi connectivity index (χ3n) is 3.27. The summed E-state index contributed by atoms with van der Waals surface area (Å²) in [6, 6.07) is 10.4. The predicted octanol–water partition coefficient (Wildman–Crippen LogP) is 2.05. The molecule has 0 aliphatic rings. The Morgan fingerprint density at radius 1 is 1.19 bits per heavy atom. The summed E-state index contributed by atoms with van der Waals surface area (Å²) < 4.78 is 38.4. The van der Waals surface area contributed by atoms with Crippen LogP contribution in [-0.4, -0.2) is 42.1 Å². The smallest absolute Gasteiger partial charge is 0.309 e. The van der Waals surface area contributed by atoms with E-state index in [-0.39, 0.29) is 12.4 Å². The van der Waals surface area contributed by atoms with E-state index in [1.165, 1.54) is 13.0 Å². The normalized spacial score (nSPS) is 11.5. The lowest BCUT2D eigenvalue weighted by atomic mass is 10.2. The highest BCUT2D eigenvalue weighted by Crippen LogP contribution is 2.21. The zero-order valence-electron chi connectivity index (χ0n) is 13.6. The average Bonchev–Trinajstić information content (AvgIpc) is 3.14. The molecule has 0 aliphatic carbocycles. The Morgan fingerprint density at radius 3 is 2.62 bits per heavy atom. The molecule has 2 aromatic heterocycles. The Labute approximate surface area is 145 Å². The molecule has 0 unspecified atom stereocenters. The lowest BCUT2D eigenvalue weighted by Crippen LogP contribution is -2.25. The monoisotopic (exact) mass is 365 g/mol. The van der Waals surface area contributed by atoms with Crippen LogP contribution in [0.15, 0.2) is 36.4 Å². The highest BCUT2D eigenvalue weighted by atomic mass is 19.4. The van der Waals surface area contributed by atoms with E-state index in [1.807, 2.05) is 18.2 Å². The Hall–Kier alpha value is -3.24. The molecule has 1 amide bonds. The van der Waals surface area contributed by atoms with Crippen LogP contribution < -0.4 is 5.32 Å². The molecule has 0 aliphatic heterocycles. The number of aromatic nitrogens is 6. The van der Waals surface area contributed by atoms with Gasteiger partial charge in [0.15, 0.2) is 0 Å². The summed E-state index contributed by atoms with van der Waals surface area (Å²) in [5, 5.41) is 17.8. The van der Waals surface area contributed by atoms with Gasteiger partial charge >= 0.3 is 6.18 Å². The number of tetrazole rings is 1. The van der Waals surface area contributed by atoms with Crippen molar-refractivity contribution in [1.82, 2.24) is 30.0 Å². The second kappa shape index (κ2) is 6.94. The fourth-order valence-electron chi connectivity index (χ4n) is 2.26. The van der Waals surface area contributed by atoms with Gasteiger partial charge in [0.05, 0.1) is 5.69 Å². The van der Waals surface area contributed by atoms with Crippen LogP contribution in [0.1, 0.15) is 5.69 Å². The van der Waals surface area contributed by atoms with E-state index >= 15 is 0 Å². The van der Waals surface area contributed by atoms with Crippen molar-refractivity contribution >= 4 is 11.7 Å². The summed E-state index contributed by atoms with van der Waals surface area (Å²) >= 11 is 0. The van der Waals surface area contributed by atoms with Gasteiger partial charge in [-0.2, -0.15) is 23.1 Å². The molecule has 0 spiro atoms. The van der Waals surface area contributed by atoms with Gasteiger partial charge in [0, 0.05) is 11.6 Å². The van der Waals surface area contributed by atoms with Gasteiger partial charge in [-0.15, -0.1) is 10.2 Å². The molecule has 1 aromatic carbocycles. The van der Waals surface area contributed by atoms with Gasteiger partial charge in [-0.1, -0.05) is 30.3 Å². The van der Waals surface area contributed by atoms with Crippen molar-refractivity contribution in [1.29, 1.82) is 0 Å². The number of nitrogens with one attached hydrogen (secondary N) is 1. The molecule has 8 nitrogen and oxygen atoms in total. The van der Waals surface area contributed by atoms with Crippen molar-refractivity contribution in [2.45, 2.75) is 26.2 Å². The minimum absolute atomic E-state index is 0.0479. The molecule has 26 heavy (non-hydrogen) atoms. The second-order valence-corrected chi connectivity index (χ2v) is 5.50. The van der Waals surface area contributed by atoms with Crippen molar-refractivity contribution in [3.05, 3.63) is 42.1 Å². The first-order valence-corrected chi connectivity index (χ1v) is 7.54. The first-order chi connectivity index (χ1) is 12.3. The highest BCUT2D eigenvalue weighted by Gasteiger charge is 2.30. The fraction of sp³-hybridized carbons (Fsp3) is 0.267. The molecule has 0 saturated heterocycles. The molecular weight excluding hydrogens is 351 g/mol. The summed E-state index contributed by atoms with van der Waals surface area (Å²) in [7, 11) is 0. The zero-order valence-corrected chi connectivity index (χ0v) is 13.6. The van der Waals surface area contributed by atoms with Crippen LogP contribution in [-0.2, 0) is 17.9 Å². The highest BCUT2D eigenvalue weighted by molar-refractivity contribution is 5.89. The summed E-state index contributed by atoms with van der Waals surface area (Å²) in [6.07, 6.45) is -4.45. The van der Waals surface area contributed by atoms with E-state index in [1.54, 1.807) is 12.1 Å². The third kappa shape index (κ3) is 4.43. The number of hydrogen-bond donors (Lipinski definition) is 1. The van der Waals surface area contributed by atoms with E-state index in [0.717, 1.165) is 10.4 Å². The van der Waals surface area contributed by atoms with Gasteiger partial charge in [0.1, 0.15) is 18.9 Å². The quantitative estimate of drug-likeness (QED) is 0.747. The number of carbonyl (C=O) groups is 1. The number of anilines is 1. The van der Waals surface area contributed by atoms with Crippen molar-refractivity contribution in [2.24, 2.45) is 0 Å². The molecule has 3 aromatic rings. The number of alkyl halides is 3. The lowest BCUT2D eigenvalue weighted by molar-refractivity contribution is -0.142. The van der Waals surface area contributed by atoms with Crippen molar-refractivity contribution in [3.63, 3.8) is 0 Å². The number of hydrogen-bond acceptors (Lipinski definition) is 5. The maximum absolute atomic E-state index is 12.6. The minimum atomic E-state index is -4.45. The van der Waals surface area contributed by atoms with E-state index in [4.69, 9.17) is 0 Å². The Bertz CT molecular complexity index is 902. The number of aryl methyl sites for hydroxylation is 1. The second-order valence-electron chi connectivity index (χ2n) is 5.50. The van der Waals surface area contributed by atoms with Crippen molar-refractivity contribution < 1.29 is 18.0 Å². The van der Waals surface area contributed by atoms with E-state index in [9.17, 15) is 18.0 Å². The SMILES string of the molecule is Cc1cc(NC(=O)Cn2nnc(-c3ccccc3)n2)n(CC(F)(F)F)n1. The number of amides is 1. The largest absolute Gasteiger partial charge is 0.408 e. The first-order valence-electron chi connectivity index (χ1n) is 7.54. The molecule has 0 saturated carbocycles. The summed E-state index contributed by atoms with van der Waals surface area (Å²) in [6.45, 7) is -0.0556. The summed E-state index contributed by atoms with van der Waals surface area (Å²) in [5.41, 5.74) is 1.09. The molecule has 1 N–H and O–H groups in total. The van der Waals surface area contributed by atoms with Gasteiger partial charge < -0.3 is 5.32 Å². The van der Waals surface area contributed by atoms with Crippen molar-refractivity contribution in [2.75, 3.05) is 5.32 Å². The Morgan fingerprint density at radius 2 is 1.92 bits per heavy atom. The zero-order chi connectivity index (χ0) is 18.7. The predicted molar refractivity (Wildman–Crippen MR) is 84.9 cm³/mol. The van der Waals surface area contributed by atoms with E-state index < -0.39 is 18.6 Å². The van der Waals surface area contributed by atoms with Crippen LogP contribution in [0.25, 0.3) is 11.4 Å². The van der Waals surface area contributed by atoms with Crippen LogP contribution in [0.4, 0.5) is 19.0 Å². The van der Waals surface area contributed by atoms with Crippen LogP contribution >= 0.6 is 0 Å². The third-order valence-corrected chi connectivity index (χ3v) is 3.27. The van der Waals surface area contributed by atoms with Gasteiger partial charge in [-0.25, -0.2) is 4.68 Å². The standard InChI is InChI=1S/C15H14F3N7O/c1-10-7-12(24(21-10)9-15(16,17)18)19-13(26)8-25-22-14(20-23-25)11-5-3-2-4-6-11/h2-7H,8-9H2,1H3,(H,19,26).